The van der Waals surface area contributed by atoms with Gasteiger partial charge in [0.25, 0.3) is 11.6 Å². The predicted molar refractivity (Wildman–Crippen MR) is 71.4 cm³/mol. The van der Waals surface area contributed by atoms with Gasteiger partial charge in [-0.1, -0.05) is 0 Å². The lowest BCUT2D eigenvalue weighted by Crippen LogP contribution is -2.34. The van der Waals surface area contributed by atoms with E-state index in [0.717, 1.165) is 0 Å². The van der Waals surface area contributed by atoms with Crippen LogP contribution in [-0.2, 0) is 9.53 Å². The van der Waals surface area contributed by atoms with E-state index in [-0.39, 0.29) is 24.1 Å². The maximum atomic E-state index is 11.9. The minimum Gasteiger partial charge on any atom is -0.469 e. The summed E-state index contributed by atoms with van der Waals surface area (Å²) in [6.07, 6.45) is 0.0637. The maximum Gasteiger partial charge on any atom is 0.307 e. The van der Waals surface area contributed by atoms with Crippen molar-refractivity contribution in [2.24, 2.45) is 0 Å². The molecule has 0 aliphatic heterocycles. The van der Waals surface area contributed by atoms with Crippen molar-refractivity contribution in [3.05, 3.63) is 39.4 Å². The number of nitrogens with one attached hydrogen (secondary N) is 1. The van der Waals surface area contributed by atoms with E-state index >= 15 is 0 Å². The zero-order valence-corrected chi connectivity index (χ0v) is 11.5. The summed E-state index contributed by atoms with van der Waals surface area (Å²) in [5.74, 6) is -0.808. The second-order valence-electron chi connectivity index (χ2n) is 4.41. The highest BCUT2D eigenvalue weighted by atomic mass is 16.6. The summed E-state index contributed by atoms with van der Waals surface area (Å²) in [7, 11) is 1.27. The van der Waals surface area contributed by atoms with Gasteiger partial charge < -0.3 is 10.1 Å². The van der Waals surface area contributed by atoms with Crippen molar-refractivity contribution < 1.29 is 19.2 Å². The standard InChI is InChI=1S/C13H16N2O5/c1-8-6-10(4-5-11(8)15(18)19)13(17)14-9(2)7-12(16)20-3/h4-6,9H,7H2,1-3H3,(H,14,17). The summed E-state index contributed by atoms with van der Waals surface area (Å²) in [6.45, 7) is 3.24. The number of aryl methyl sites for hydroxylation is 1. The highest BCUT2D eigenvalue weighted by molar-refractivity contribution is 5.95. The number of nitrogens with zero attached hydrogens (tertiary/aromatic N) is 1. The van der Waals surface area contributed by atoms with Crippen LogP contribution in [0.15, 0.2) is 18.2 Å². The van der Waals surface area contributed by atoms with Crippen LogP contribution in [0.4, 0.5) is 5.69 Å². The first kappa shape index (κ1) is 15.6. The van der Waals surface area contributed by atoms with Crippen LogP contribution in [0, 0.1) is 17.0 Å². The average Bonchev–Trinajstić information content (AvgIpc) is 2.37. The molecule has 0 aliphatic rings. The van der Waals surface area contributed by atoms with Crippen molar-refractivity contribution in [1.82, 2.24) is 5.32 Å². The van der Waals surface area contributed by atoms with E-state index in [9.17, 15) is 19.7 Å². The SMILES string of the molecule is COC(=O)CC(C)NC(=O)c1ccc([N+](=O)[O-])c(C)c1. The number of hydrogen-bond acceptors (Lipinski definition) is 5. The molecule has 0 aliphatic carbocycles. The molecule has 20 heavy (non-hydrogen) atoms. The summed E-state index contributed by atoms with van der Waals surface area (Å²) in [4.78, 5) is 33.2. The van der Waals surface area contributed by atoms with E-state index < -0.39 is 10.9 Å². The van der Waals surface area contributed by atoms with E-state index in [4.69, 9.17) is 0 Å². The molecule has 1 unspecified atom stereocenters. The largest absolute Gasteiger partial charge is 0.469 e. The Balaban J connectivity index is 2.75. The van der Waals surface area contributed by atoms with Gasteiger partial charge in [0.1, 0.15) is 0 Å². The molecule has 1 aromatic carbocycles. The Kier molecular flexibility index (Phi) is 5.19. The van der Waals surface area contributed by atoms with Crippen LogP contribution in [0.1, 0.15) is 29.3 Å². The Labute approximate surface area is 116 Å². The van der Waals surface area contributed by atoms with Crippen LogP contribution in [0.25, 0.3) is 0 Å². The van der Waals surface area contributed by atoms with E-state index in [1.54, 1.807) is 13.8 Å². The molecule has 0 spiro atoms. The minimum atomic E-state index is -0.503. The second kappa shape index (κ2) is 6.65. The van der Waals surface area contributed by atoms with Crippen molar-refractivity contribution in [2.75, 3.05) is 7.11 Å². The molecule has 0 fully saturated rings. The van der Waals surface area contributed by atoms with Crippen molar-refractivity contribution in [2.45, 2.75) is 26.3 Å². The van der Waals surface area contributed by atoms with E-state index in [0.29, 0.717) is 11.1 Å². The quantitative estimate of drug-likeness (QED) is 0.501. The van der Waals surface area contributed by atoms with Crippen molar-refractivity contribution in [1.29, 1.82) is 0 Å². The Bertz CT molecular complexity index is 542. The number of benzene rings is 1. The summed E-state index contributed by atoms with van der Waals surface area (Å²) >= 11 is 0. The molecule has 1 atom stereocenters. The average molecular weight is 280 g/mol. The zero-order chi connectivity index (χ0) is 15.3. The number of ether oxygens (including phenoxy) is 1. The molecule has 7 nitrogen and oxygen atoms in total. The topological polar surface area (TPSA) is 98.5 Å². The van der Waals surface area contributed by atoms with Crippen LogP contribution in [0.2, 0.25) is 0 Å². The van der Waals surface area contributed by atoms with E-state index in [2.05, 4.69) is 10.1 Å². The first-order valence-electron chi connectivity index (χ1n) is 5.98. The zero-order valence-electron chi connectivity index (χ0n) is 11.5. The predicted octanol–water partition coefficient (Wildman–Crippen LogP) is 1.58. The van der Waals surface area contributed by atoms with Crippen LogP contribution in [0.3, 0.4) is 0 Å². The number of methoxy groups -OCH3 is 1. The third-order valence-corrected chi connectivity index (χ3v) is 2.73. The molecule has 0 heterocycles. The number of amides is 1. The second-order valence-corrected chi connectivity index (χ2v) is 4.41. The molecule has 0 radical (unpaired) electrons. The molecule has 1 amide bonds. The molecule has 0 saturated heterocycles. The number of nitro benzene ring substituents is 1. The normalized spacial score (nSPS) is 11.6. The molecule has 0 saturated carbocycles. The maximum absolute atomic E-state index is 11.9. The molecule has 0 aromatic heterocycles. The lowest BCUT2D eigenvalue weighted by Gasteiger charge is -2.12. The third-order valence-electron chi connectivity index (χ3n) is 2.73. The molecule has 1 rings (SSSR count). The summed E-state index contributed by atoms with van der Waals surface area (Å²) in [5, 5.41) is 13.3. The summed E-state index contributed by atoms with van der Waals surface area (Å²) < 4.78 is 4.50. The van der Waals surface area contributed by atoms with Gasteiger partial charge >= 0.3 is 5.97 Å². The number of carbonyl (C=O) groups excluding carboxylic acids is 2. The summed E-state index contributed by atoms with van der Waals surface area (Å²) in [6, 6.07) is 3.73. The van der Waals surface area contributed by atoms with Crippen LogP contribution < -0.4 is 5.32 Å². The fourth-order valence-electron chi connectivity index (χ4n) is 1.69. The van der Waals surface area contributed by atoms with Crippen molar-refractivity contribution in [3.63, 3.8) is 0 Å². The first-order chi connectivity index (χ1) is 9.35. The molecule has 0 bridgehead atoms. The van der Waals surface area contributed by atoms with Gasteiger partial charge in [-0.05, 0) is 26.0 Å². The van der Waals surface area contributed by atoms with Crippen LogP contribution in [0.5, 0.6) is 0 Å². The van der Waals surface area contributed by atoms with Gasteiger partial charge in [0.15, 0.2) is 0 Å². The molecular weight excluding hydrogens is 264 g/mol. The first-order valence-corrected chi connectivity index (χ1v) is 5.98. The Morgan fingerprint density at radius 3 is 2.60 bits per heavy atom. The highest BCUT2D eigenvalue weighted by Gasteiger charge is 2.16. The molecule has 1 aromatic rings. The molecule has 108 valence electrons. The van der Waals surface area contributed by atoms with Gasteiger partial charge in [0, 0.05) is 23.2 Å². The number of esters is 1. The number of hydrogen-bond donors (Lipinski definition) is 1. The van der Waals surface area contributed by atoms with Crippen LogP contribution >= 0.6 is 0 Å². The number of carbonyl (C=O) groups is 2. The van der Waals surface area contributed by atoms with Gasteiger partial charge in [0.2, 0.25) is 0 Å². The van der Waals surface area contributed by atoms with E-state index in [1.165, 1.54) is 25.3 Å². The monoisotopic (exact) mass is 280 g/mol. The molecular formula is C13H16N2O5. The van der Waals surface area contributed by atoms with Gasteiger partial charge in [0.05, 0.1) is 18.5 Å². The highest BCUT2D eigenvalue weighted by Crippen LogP contribution is 2.18. The Morgan fingerprint density at radius 1 is 1.45 bits per heavy atom. The third kappa shape index (κ3) is 4.04. The van der Waals surface area contributed by atoms with Crippen molar-refractivity contribution >= 4 is 17.6 Å². The van der Waals surface area contributed by atoms with Gasteiger partial charge in [-0.15, -0.1) is 0 Å². The lowest BCUT2D eigenvalue weighted by molar-refractivity contribution is -0.385. The van der Waals surface area contributed by atoms with Gasteiger partial charge in [-0.25, -0.2) is 0 Å². The lowest BCUT2D eigenvalue weighted by atomic mass is 10.1. The van der Waals surface area contributed by atoms with Gasteiger partial charge in [-0.3, -0.25) is 19.7 Å². The van der Waals surface area contributed by atoms with Crippen molar-refractivity contribution in [3.8, 4) is 0 Å². The molecule has 7 heteroatoms. The minimum absolute atomic E-state index is 0.0378. The van der Waals surface area contributed by atoms with E-state index in [1.807, 2.05) is 0 Å². The smallest absolute Gasteiger partial charge is 0.307 e. The summed E-state index contributed by atoms with van der Waals surface area (Å²) in [5.41, 5.74) is 0.678. The Hall–Kier alpha value is -2.44. The van der Waals surface area contributed by atoms with Gasteiger partial charge in [-0.2, -0.15) is 0 Å². The number of rotatable bonds is 5. The fourth-order valence-corrected chi connectivity index (χ4v) is 1.69. The molecule has 1 N–H and O–H groups in total. The Morgan fingerprint density at radius 2 is 2.10 bits per heavy atom. The van der Waals surface area contributed by atoms with Crippen LogP contribution in [-0.4, -0.2) is 30.0 Å². The fraction of sp³-hybridized carbons (Fsp3) is 0.385. The number of nitro groups is 1.